The summed E-state index contributed by atoms with van der Waals surface area (Å²) in [5.74, 6) is 0.573. The number of benzene rings is 1. The quantitative estimate of drug-likeness (QED) is 0.784. The second kappa shape index (κ2) is 6.11. The molecule has 0 unspecified atom stereocenters. The SMILES string of the molecule is CC(C)c1ccc(-c2nonc2NC(=O)c2cccs2)cc1. The van der Waals surface area contributed by atoms with Crippen LogP contribution in [0.2, 0.25) is 0 Å². The second-order valence-electron chi connectivity index (χ2n) is 5.17. The molecule has 0 aliphatic heterocycles. The Morgan fingerprint density at radius 1 is 1.18 bits per heavy atom. The van der Waals surface area contributed by atoms with Crippen molar-refractivity contribution in [3.63, 3.8) is 0 Å². The van der Waals surface area contributed by atoms with E-state index in [1.165, 1.54) is 16.9 Å². The van der Waals surface area contributed by atoms with Crippen LogP contribution in [0.5, 0.6) is 0 Å². The molecule has 22 heavy (non-hydrogen) atoms. The third kappa shape index (κ3) is 2.92. The molecule has 1 amide bonds. The molecule has 0 fully saturated rings. The first kappa shape index (κ1) is 14.5. The average Bonchev–Trinajstić information content (AvgIpc) is 3.18. The number of hydrogen-bond donors (Lipinski definition) is 1. The van der Waals surface area contributed by atoms with Crippen molar-refractivity contribution in [1.29, 1.82) is 0 Å². The number of rotatable bonds is 4. The zero-order valence-electron chi connectivity index (χ0n) is 12.2. The predicted molar refractivity (Wildman–Crippen MR) is 86.1 cm³/mol. The van der Waals surface area contributed by atoms with Crippen LogP contribution in [0.15, 0.2) is 46.4 Å². The summed E-state index contributed by atoms with van der Waals surface area (Å²) in [6.07, 6.45) is 0. The molecule has 2 heterocycles. The molecule has 3 aromatic rings. The number of nitrogens with one attached hydrogen (secondary N) is 1. The van der Waals surface area contributed by atoms with E-state index in [1.807, 2.05) is 35.7 Å². The summed E-state index contributed by atoms with van der Waals surface area (Å²) >= 11 is 1.37. The fourth-order valence-corrected chi connectivity index (χ4v) is 2.68. The van der Waals surface area contributed by atoms with Gasteiger partial charge in [-0.3, -0.25) is 4.79 Å². The molecule has 0 spiro atoms. The van der Waals surface area contributed by atoms with Crippen LogP contribution in [0.3, 0.4) is 0 Å². The molecule has 3 rings (SSSR count). The Morgan fingerprint density at radius 2 is 1.95 bits per heavy atom. The highest BCUT2D eigenvalue weighted by Gasteiger charge is 2.16. The Bertz CT molecular complexity index is 761. The standard InChI is InChI=1S/C16H15N3O2S/c1-10(2)11-5-7-12(8-6-11)14-15(19-21-18-14)17-16(20)13-4-3-9-22-13/h3-10H,1-2H3,(H,17,19,20). The van der Waals surface area contributed by atoms with Crippen LogP contribution in [-0.2, 0) is 0 Å². The topological polar surface area (TPSA) is 68.0 Å². The van der Waals surface area contributed by atoms with Gasteiger partial charge in [-0.05, 0) is 33.2 Å². The summed E-state index contributed by atoms with van der Waals surface area (Å²) in [6, 6.07) is 11.6. The van der Waals surface area contributed by atoms with Crippen molar-refractivity contribution in [2.24, 2.45) is 0 Å². The molecule has 0 saturated heterocycles. The van der Waals surface area contributed by atoms with E-state index in [9.17, 15) is 4.79 Å². The van der Waals surface area contributed by atoms with Crippen molar-refractivity contribution in [3.05, 3.63) is 52.2 Å². The number of carbonyl (C=O) groups is 1. The number of aromatic nitrogens is 2. The van der Waals surface area contributed by atoms with Crippen LogP contribution in [0.25, 0.3) is 11.3 Å². The van der Waals surface area contributed by atoms with E-state index in [4.69, 9.17) is 4.63 Å². The minimum Gasteiger partial charge on any atom is -0.301 e. The van der Waals surface area contributed by atoms with E-state index >= 15 is 0 Å². The van der Waals surface area contributed by atoms with Crippen LogP contribution >= 0.6 is 11.3 Å². The molecule has 112 valence electrons. The van der Waals surface area contributed by atoms with Crippen molar-refractivity contribution in [3.8, 4) is 11.3 Å². The summed E-state index contributed by atoms with van der Waals surface area (Å²) in [5.41, 5.74) is 2.62. The van der Waals surface area contributed by atoms with Crippen LogP contribution in [0.1, 0.15) is 35.0 Å². The third-order valence-corrected chi connectivity index (χ3v) is 4.18. The molecular weight excluding hydrogens is 298 g/mol. The van der Waals surface area contributed by atoms with Crippen LogP contribution in [0, 0.1) is 0 Å². The first-order valence-corrected chi connectivity index (χ1v) is 7.81. The Balaban J connectivity index is 1.84. The second-order valence-corrected chi connectivity index (χ2v) is 6.12. The fourth-order valence-electron chi connectivity index (χ4n) is 2.06. The van der Waals surface area contributed by atoms with Crippen LogP contribution < -0.4 is 5.32 Å². The van der Waals surface area contributed by atoms with E-state index < -0.39 is 0 Å². The van der Waals surface area contributed by atoms with Gasteiger partial charge in [0.1, 0.15) is 0 Å². The lowest BCUT2D eigenvalue weighted by molar-refractivity contribution is 0.102. The summed E-state index contributed by atoms with van der Waals surface area (Å²) in [6.45, 7) is 4.28. The lowest BCUT2D eigenvalue weighted by Crippen LogP contribution is -2.11. The summed E-state index contributed by atoms with van der Waals surface area (Å²) in [7, 11) is 0. The monoisotopic (exact) mass is 313 g/mol. The largest absolute Gasteiger partial charge is 0.301 e. The third-order valence-electron chi connectivity index (χ3n) is 3.32. The number of amides is 1. The maximum absolute atomic E-state index is 12.1. The molecule has 0 atom stereocenters. The molecule has 1 aromatic carbocycles. The summed E-state index contributed by atoms with van der Waals surface area (Å²) in [5, 5.41) is 12.3. The van der Waals surface area contributed by atoms with Crippen molar-refractivity contribution in [1.82, 2.24) is 10.3 Å². The lowest BCUT2D eigenvalue weighted by Gasteiger charge is -2.06. The van der Waals surface area contributed by atoms with Crippen molar-refractivity contribution in [2.75, 3.05) is 5.32 Å². The first-order valence-electron chi connectivity index (χ1n) is 6.93. The van der Waals surface area contributed by atoms with E-state index in [0.717, 1.165) is 5.56 Å². The van der Waals surface area contributed by atoms with Gasteiger partial charge < -0.3 is 5.32 Å². The highest BCUT2D eigenvalue weighted by molar-refractivity contribution is 7.12. The maximum atomic E-state index is 12.1. The van der Waals surface area contributed by atoms with Crippen LogP contribution in [-0.4, -0.2) is 16.2 Å². The molecule has 5 nitrogen and oxygen atoms in total. The molecule has 0 saturated carbocycles. The molecule has 0 aliphatic rings. The Kier molecular flexibility index (Phi) is 4.02. The van der Waals surface area contributed by atoms with E-state index in [0.29, 0.717) is 22.3 Å². The van der Waals surface area contributed by atoms with Gasteiger partial charge in [-0.25, -0.2) is 4.63 Å². The molecule has 0 bridgehead atoms. The zero-order valence-corrected chi connectivity index (χ0v) is 13.1. The van der Waals surface area contributed by atoms with Gasteiger partial charge in [-0.1, -0.05) is 44.2 Å². The average molecular weight is 313 g/mol. The number of nitrogens with zero attached hydrogens (tertiary/aromatic N) is 2. The van der Waals surface area contributed by atoms with Gasteiger partial charge in [0, 0.05) is 5.56 Å². The van der Waals surface area contributed by atoms with E-state index in [2.05, 4.69) is 29.5 Å². The van der Waals surface area contributed by atoms with Crippen molar-refractivity contribution in [2.45, 2.75) is 19.8 Å². The zero-order chi connectivity index (χ0) is 15.5. The summed E-state index contributed by atoms with van der Waals surface area (Å²) < 4.78 is 4.78. The van der Waals surface area contributed by atoms with Crippen LogP contribution in [0.4, 0.5) is 5.82 Å². The Morgan fingerprint density at radius 3 is 2.59 bits per heavy atom. The smallest absolute Gasteiger partial charge is 0.267 e. The molecule has 6 heteroatoms. The maximum Gasteiger partial charge on any atom is 0.267 e. The number of thiophene rings is 1. The van der Waals surface area contributed by atoms with Gasteiger partial charge in [0.2, 0.25) is 5.82 Å². The number of carbonyl (C=O) groups excluding carboxylic acids is 1. The van der Waals surface area contributed by atoms with Gasteiger partial charge in [0.25, 0.3) is 5.91 Å². The van der Waals surface area contributed by atoms with Gasteiger partial charge in [0.05, 0.1) is 4.88 Å². The van der Waals surface area contributed by atoms with Gasteiger partial charge in [-0.2, -0.15) is 0 Å². The minimum atomic E-state index is -0.217. The fraction of sp³-hybridized carbons (Fsp3) is 0.188. The minimum absolute atomic E-state index is 0.217. The predicted octanol–water partition coefficient (Wildman–Crippen LogP) is 4.17. The van der Waals surface area contributed by atoms with Crippen molar-refractivity contribution < 1.29 is 9.42 Å². The summed E-state index contributed by atoms with van der Waals surface area (Å²) in [4.78, 5) is 12.7. The van der Waals surface area contributed by atoms with E-state index in [-0.39, 0.29) is 5.91 Å². The molecular formula is C16H15N3O2S. The van der Waals surface area contributed by atoms with Gasteiger partial charge in [0.15, 0.2) is 5.69 Å². The molecule has 0 radical (unpaired) electrons. The Labute approximate surface area is 131 Å². The van der Waals surface area contributed by atoms with Gasteiger partial charge >= 0.3 is 0 Å². The number of anilines is 1. The van der Waals surface area contributed by atoms with Crippen molar-refractivity contribution >= 4 is 23.1 Å². The number of hydrogen-bond acceptors (Lipinski definition) is 5. The molecule has 2 aromatic heterocycles. The first-order chi connectivity index (χ1) is 10.6. The highest BCUT2D eigenvalue weighted by Crippen LogP contribution is 2.26. The Hall–Kier alpha value is -2.47. The highest BCUT2D eigenvalue weighted by atomic mass is 32.1. The van der Waals surface area contributed by atoms with Gasteiger partial charge in [-0.15, -0.1) is 11.3 Å². The van der Waals surface area contributed by atoms with E-state index in [1.54, 1.807) is 6.07 Å². The normalized spacial score (nSPS) is 10.9. The molecule has 0 aliphatic carbocycles. The lowest BCUT2D eigenvalue weighted by atomic mass is 10.0. The molecule has 1 N–H and O–H groups in total.